The van der Waals surface area contributed by atoms with E-state index in [1.807, 2.05) is 4.90 Å². The summed E-state index contributed by atoms with van der Waals surface area (Å²) in [6, 6.07) is 5.41. The van der Waals surface area contributed by atoms with Gasteiger partial charge in [-0.25, -0.2) is 0 Å². The third kappa shape index (κ3) is 3.18. The van der Waals surface area contributed by atoms with Crippen molar-refractivity contribution in [2.24, 2.45) is 5.73 Å². The minimum atomic E-state index is 0. The molecule has 3 nitrogen and oxygen atoms in total. The summed E-state index contributed by atoms with van der Waals surface area (Å²) in [5, 5.41) is 0.569. The molecule has 1 amide bonds. The molecule has 0 bridgehead atoms. The number of nitrogens with two attached hydrogens (primary N) is 1. The molecule has 1 aromatic carbocycles. The number of hydrogen-bond donors (Lipinski definition) is 1. The van der Waals surface area contributed by atoms with Gasteiger partial charge in [0.05, 0.1) is 5.56 Å². The van der Waals surface area contributed by atoms with Crippen molar-refractivity contribution in [2.75, 3.05) is 13.1 Å². The number of hydrogen-bond acceptors (Lipinski definition) is 2. The van der Waals surface area contributed by atoms with Crippen LogP contribution in [0.25, 0.3) is 0 Å². The number of halogens is 3. The van der Waals surface area contributed by atoms with Crippen molar-refractivity contribution in [3.63, 3.8) is 0 Å². The molecule has 1 aliphatic rings. The third-order valence-corrected chi connectivity index (χ3v) is 4.00. The molecule has 1 heterocycles. The summed E-state index contributed by atoms with van der Waals surface area (Å²) >= 11 is 9.30. The van der Waals surface area contributed by atoms with Gasteiger partial charge in [0.2, 0.25) is 0 Å². The first-order valence-corrected chi connectivity index (χ1v) is 6.76. The first-order chi connectivity index (χ1) is 8.13. The average Bonchev–Trinajstić information content (AvgIpc) is 2.79. The van der Waals surface area contributed by atoms with Gasteiger partial charge in [0.1, 0.15) is 0 Å². The summed E-state index contributed by atoms with van der Waals surface area (Å²) in [6.45, 7) is 1.30. The maximum absolute atomic E-state index is 12.4. The monoisotopic (exact) mass is 352 g/mol. The van der Waals surface area contributed by atoms with E-state index in [9.17, 15) is 4.79 Å². The number of benzene rings is 1. The van der Waals surface area contributed by atoms with Gasteiger partial charge >= 0.3 is 0 Å². The molecule has 1 aromatic rings. The molecule has 0 spiro atoms. The second kappa shape index (κ2) is 6.75. The van der Waals surface area contributed by atoms with Crippen molar-refractivity contribution in [3.8, 4) is 0 Å². The third-order valence-electron chi connectivity index (χ3n) is 3.07. The van der Waals surface area contributed by atoms with Gasteiger partial charge < -0.3 is 10.6 Å². The van der Waals surface area contributed by atoms with Crippen LogP contribution in [-0.4, -0.2) is 29.9 Å². The van der Waals surface area contributed by atoms with E-state index in [-0.39, 0.29) is 24.4 Å². The summed E-state index contributed by atoms with van der Waals surface area (Å²) in [7, 11) is 0. The largest absolute Gasteiger partial charge is 0.334 e. The lowest BCUT2D eigenvalue weighted by Crippen LogP contribution is -2.40. The normalized spacial score (nSPS) is 18.6. The Hall–Kier alpha value is -0.290. The predicted octanol–water partition coefficient (Wildman–Crippen LogP) is 3.09. The lowest BCUT2D eigenvalue weighted by Gasteiger charge is -2.24. The van der Waals surface area contributed by atoms with Crippen LogP contribution in [0.5, 0.6) is 0 Å². The van der Waals surface area contributed by atoms with Gasteiger partial charge in [0.25, 0.3) is 5.91 Å². The molecule has 1 saturated heterocycles. The lowest BCUT2D eigenvalue weighted by molar-refractivity contribution is 0.0740. The zero-order valence-corrected chi connectivity index (χ0v) is 12.9. The van der Waals surface area contributed by atoms with Crippen molar-refractivity contribution in [3.05, 3.63) is 33.3 Å². The van der Waals surface area contributed by atoms with E-state index in [2.05, 4.69) is 15.9 Å². The van der Waals surface area contributed by atoms with E-state index >= 15 is 0 Å². The molecule has 0 radical (unpaired) electrons. The van der Waals surface area contributed by atoms with Crippen LogP contribution in [0.15, 0.2) is 22.7 Å². The standard InChI is InChI=1S/C12H14BrClN2O.ClH/c13-11-4-3-8(14)6-10(11)12(17)16-5-1-2-9(16)7-15;/h3-4,6,9H,1-2,5,7,15H2;1H. The number of carbonyl (C=O) groups is 1. The minimum absolute atomic E-state index is 0. The van der Waals surface area contributed by atoms with Crippen LogP contribution in [0.3, 0.4) is 0 Å². The fourth-order valence-electron chi connectivity index (χ4n) is 2.16. The maximum atomic E-state index is 12.4. The van der Waals surface area contributed by atoms with Crippen LogP contribution in [0.1, 0.15) is 23.2 Å². The molecule has 0 saturated carbocycles. The van der Waals surface area contributed by atoms with Crippen LogP contribution in [0, 0.1) is 0 Å². The van der Waals surface area contributed by atoms with E-state index in [0.29, 0.717) is 17.1 Å². The first-order valence-electron chi connectivity index (χ1n) is 5.59. The SMILES string of the molecule is Cl.NCC1CCCN1C(=O)c1cc(Cl)ccc1Br. The van der Waals surface area contributed by atoms with Crippen LogP contribution >= 0.6 is 39.9 Å². The van der Waals surface area contributed by atoms with Gasteiger partial charge in [0.15, 0.2) is 0 Å². The molecule has 18 heavy (non-hydrogen) atoms. The summed E-state index contributed by atoms with van der Waals surface area (Å²) in [5.41, 5.74) is 6.29. The molecule has 6 heteroatoms. The van der Waals surface area contributed by atoms with Gasteiger partial charge in [-0.05, 0) is 47.0 Å². The Morgan fingerprint density at radius 2 is 2.28 bits per heavy atom. The van der Waals surface area contributed by atoms with Gasteiger partial charge in [-0.15, -0.1) is 12.4 Å². The molecule has 100 valence electrons. The fourth-order valence-corrected chi connectivity index (χ4v) is 2.75. The second-order valence-electron chi connectivity index (χ2n) is 4.15. The molecule has 2 N–H and O–H groups in total. The van der Waals surface area contributed by atoms with Gasteiger partial charge in [-0.2, -0.15) is 0 Å². The van der Waals surface area contributed by atoms with Gasteiger partial charge in [0, 0.05) is 28.6 Å². The molecular weight excluding hydrogens is 339 g/mol. The molecule has 0 aliphatic carbocycles. The zero-order chi connectivity index (χ0) is 12.4. The quantitative estimate of drug-likeness (QED) is 0.887. The fraction of sp³-hybridized carbons (Fsp3) is 0.417. The highest BCUT2D eigenvalue weighted by atomic mass is 79.9. The zero-order valence-electron chi connectivity index (χ0n) is 9.73. The Bertz CT molecular complexity index is 442. The second-order valence-corrected chi connectivity index (χ2v) is 5.45. The summed E-state index contributed by atoms with van der Waals surface area (Å²) in [5.74, 6) is 0.00678. The van der Waals surface area contributed by atoms with Crippen LogP contribution in [0.2, 0.25) is 5.02 Å². The maximum Gasteiger partial charge on any atom is 0.255 e. The molecule has 2 rings (SSSR count). The van der Waals surface area contributed by atoms with Crippen LogP contribution in [0.4, 0.5) is 0 Å². The topological polar surface area (TPSA) is 46.3 Å². The molecule has 1 aliphatic heterocycles. The van der Waals surface area contributed by atoms with E-state index < -0.39 is 0 Å². The Labute approximate surface area is 126 Å². The average molecular weight is 354 g/mol. The molecule has 1 fully saturated rings. The van der Waals surface area contributed by atoms with E-state index in [1.54, 1.807) is 18.2 Å². The summed E-state index contributed by atoms with van der Waals surface area (Å²) < 4.78 is 0.773. The van der Waals surface area contributed by atoms with Crippen molar-refractivity contribution in [2.45, 2.75) is 18.9 Å². The van der Waals surface area contributed by atoms with Crippen molar-refractivity contribution in [1.29, 1.82) is 0 Å². The number of likely N-dealkylation sites (tertiary alicyclic amines) is 1. The van der Waals surface area contributed by atoms with E-state index in [1.165, 1.54) is 0 Å². The van der Waals surface area contributed by atoms with Crippen molar-refractivity contribution in [1.82, 2.24) is 4.90 Å². The lowest BCUT2D eigenvalue weighted by atomic mass is 10.1. The highest BCUT2D eigenvalue weighted by molar-refractivity contribution is 9.10. The summed E-state index contributed by atoms with van der Waals surface area (Å²) in [6.07, 6.45) is 2.01. The Balaban J connectivity index is 0.00000162. The van der Waals surface area contributed by atoms with Crippen molar-refractivity contribution >= 4 is 45.8 Å². The summed E-state index contributed by atoms with van der Waals surface area (Å²) in [4.78, 5) is 14.2. The van der Waals surface area contributed by atoms with Gasteiger partial charge in [-0.3, -0.25) is 4.79 Å². The van der Waals surface area contributed by atoms with E-state index in [4.69, 9.17) is 17.3 Å². The highest BCUT2D eigenvalue weighted by Gasteiger charge is 2.29. The molecular formula is C12H15BrCl2N2O. The number of nitrogens with zero attached hydrogens (tertiary/aromatic N) is 1. The Morgan fingerprint density at radius 3 is 2.94 bits per heavy atom. The van der Waals surface area contributed by atoms with Crippen LogP contribution in [-0.2, 0) is 0 Å². The van der Waals surface area contributed by atoms with Crippen molar-refractivity contribution < 1.29 is 4.79 Å². The smallest absolute Gasteiger partial charge is 0.255 e. The highest BCUT2D eigenvalue weighted by Crippen LogP contribution is 2.26. The van der Waals surface area contributed by atoms with Gasteiger partial charge in [-0.1, -0.05) is 11.6 Å². The molecule has 0 aromatic heterocycles. The minimum Gasteiger partial charge on any atom is -0.334 e. The Kier molecular flexibility index (Phi) is 5.92. The van der Waals surface area contributed by atoms with E-state index in [0.717, 1.165) is 23.9 Å². The number of rotatable bonds is 2. The number of amides is 1. The van der Waals surface area contributed by atoms with Crippen LogP contribution < -0.4 is 5.73 Å². The predicted molar refractivity (Wildman–Crippen MR) is 79.5 cm³/mol. The molecule has 1 atom stereocenters. The molecule has 1 unspecified atom stereocenters. The Morgan fingerprint density at radius 1 is 1.56 bits per heavy atom. The first kappa shape index (κ1) is 15.8. The number of carbonyl (C=O) groups excluding carboxylic acids is 1.